The molecule has 0 aliphatic rings. The van der Waals surface area contributed by atoms with Crippen molar-refractivity contribution in [3.8, 4) is 22.7 Å². The van der Waals surface area contributed by atoms with Gasteiger partial charge in [0.2, 0.25) is 0 Å². The highest BCUT2D eigenvalue weighted by Crippen LogP contribution is 2.27. The SMILES string of the molecule is COc1cccc(-c2nn(-c3ccc(C)cc3)cc2C(=O)NCCCOC(C)C)c1. The number of carbonyl (C=O) groups excluding carboxylic acids is 1. The van der Waals surface area contributed by atoms with Crippen molar-refractivity contribution in [1.29, 1.82) is 0 Å². The minimum absolute atomic E-state index is 0.157. The lowest BCUT2D eigenvalue weighted by Gasteiger charge is -2.08. The molecule has 3 aromatic rings. The zero-order chi connectivity index (χ0) is 21.5. The number of rotatable bonds is 9. The second kappa shape index (κ2) is 10.1. The molecule has 6 heteroatoms. The van der Waals surface area contributed by atoms with Crippen LogP contribution in [0.15, 0.2) is 54.7 Å². The molecule has 0 aliphatic heterocycles. The van der Waals surface area contributed by atoms with Gasteiger partial charge in [-0.15, -0.1) is 0 Å². The van der Waals surface area contributed by atoms with Crippen LogP contribution < -0.4 is 10.1 Å². The molecule has 0 atom stereocenters. The number of aryl methyl sites for hydroxylation is 1. The van der Waals surface area contributed by atoms with Gasteiger partial charge in [0.1, 0.15) is 11.4 Å². The monoisotopic (exact) mass is 407 g/mol. The fourth-order valence-electron chi connectivity index (χ4n) is 3.04. The molecule has 158 valence electrons. The molecule has 1 amide bonds. The van der Waals surface area contributed by atoms with E-state index in [2.05, 4.69) is 5.32 Å². The van der Waals surface area contributed by atoms with E-state index in [0.717, 1.165) is 23.4 Å². The Bertz CT molecular complexity index is 978. The Labute approximate surface area is 177 Å². The third-order valence-corrected chi connectivity index (χ3v) is 4.66. The first-order valence-corrected chi connectivity index (χ1v) is 10.2. The number of benzene rings is 2. The Kier molecular flexibility index (Phi) is 7.25. The number of methoxy groups -OCH3 is 1. The van der Waals surface area contributed by atoms with Crippen LogP contribution in [-0.2, 0) is 4.74 Å². The normalized spacial score (nSPS) is 11.0. The summed E-state index contributed by atoms with van der Waals surface area (Å²) < 4.78 is 12.6. The molecular weight excluding hydrogens is 378 g/mol. The van der Waals surface area contributed by atoms with Gasteiger partial charge in [0.15, 0.2) is 0 Å². The Morgan fingerprint density at radius 2 is 1.93 bits per heavy atom. The number of ether oxygens (including phenoxy) is 2. The van der Waals surface area contributed by atoms with Crippen molar-refractivity contribution in [3.05, 3.63) is 65.9 Å². The van der Waals surface area contributed by atoms with Crippen molar-refractivity contribution in [3.63, 3.8) is 0 Å². The summed E-state index contributed by atoms with van der Waals surface area (Å²) in [5, 5.41) is 7.70. The molecule has 3 rings (SSSR count). The number of carbonyl (C=O) groups is 1. The summed E-state index contributed by atoms with van der Waals surface area (Å²) >= 11 is 0. The van der Waals surface area contributed by atoms with Gasteiger partial charge in [-0.05, 0) is 51.5 Å². The lowest BCUT2D eigenvalue weighted by Crippen LogP contribution is -2.25. The number of amides is 1. The van der Waals surface area contributed by atoms with Crippen LogP contribution in [0.3, 0.4) is 0 Å². The van der Waals surface area contributed by atoms with Crippen molar-refractivity contribution < 1.29 is 14.3 Å². The maximum atomic E-state index is 13.0. The first kappa shape index (κ1) is 21.6. The van der Waals surface area contributed by atoms with Gasteiger partial charge in [-0.1, -0.05) is 29.8 Å². The van der Waals surface area contributed by atoms with E-state index < -0.39 is 0 Å². The van der Waals surface area contributed by atoms with E-state index in [0.29, 0.717) is 24.4 Å². The average molecular weight is 408 g/mol. The lowest BCUT2D eigenvalue weighted by molar-refractivity contribution is 0.0757. The van der Waals surface area contributed by atoms with Gasteiger partial charge in [-0.2, -0.15) is 5.10 Å². The molecule has 1 heterocycles. The van der Waals surface area contributed by atoms with E-state index in [9.17, 15) is 4.79 Å². The zero-order valence-electron chi connectivity index (χ0n) is 18.0. The first-order valence-electron chi connectivity index (χ1n) is 10.2. The number of aromatic nitrogens is 2. The zero-order valence-corrected chi connectivity index (χ0v) is 18.0. The summed E-state index contributed by atoms with van der Waals surface area (Å²) in [5.74, 6) is 0.560. The number of nitrogens with zero attached hydrogens (tertiary/aromatic N) is 2. The molecule has 0 radical (unpaired) electrons. The fraction of sp³-hybridized carbons (Fsp3) is 0.333. The molecule has 0 spiro atoms. The van der Waals surface area contributed by atoms with Gasteiger partial charge in [-0.3, -0.25) is 4.79 Å². The Morgan fingerprint density at radius 1 is 1.17 bits per heavy atom. The van der Waals surface area contributed by atoms with Crippen molar-refractivity contribution in [2.75, 3.05) is 20.3 Å². The molecule has 30 heavy (non-hydrogen) atoms. The highest BCUT2D eigenvalue weighted by atomic mass is 16.5. The van der Waals surface area contributed by atoms with Crippen molar-refractivity contribution in [2.24, 2.45) is 0 Å². The van der Waals surface area contributed by atoms with Crippen LogP contribution in [0.5, 0.6) is 5.75 Å². The smallest absolute Gasteiger partial charge is 0.255 e. The minimum Gasteiger partial charge on any atom is -0.497 e. The van der Waals surface area contributed by atoms with E-state index in [4.69, 9.17) is 14.6 Å². The molecular formula is C24H29N3O3. The Hall–Kier alpha value is -3.12. The van der Waals surface area contributed by atoms with Gasteiger partial charge < -0.3 is 14.8 Å². The van der Waals surface area contributed by atoms with Gasteiger partial charge >= 0.3 is 0 Å². The first-order chi connectivity index (χ1) is 14.5. The molecule has 0 aliphatic carbocycles. The van der Waals surface area contributed by atoms with Crippen LogP contribution in [0.1, 0.15) is 36.2 Å². The predicted molar refractivity (Wildman–Crippen MR) is 118 cm³/mol. The Morgan fingerprint density at radius 3 is 2.63 bits per heavy atom. The molecule has 0 saturated heterocycles. The number of nitrogens with one attached hydrogen (secondary N) is 1. The highest BCUT2D eigenvalue weighted by molar-refractivity contribution is 6.00. The third-order valence-electron chi connectivity index (χ3n) is 4.66. The molecule has 1 aromatic heterocycles. The Balaban J connectivity index is 1.87. The number of hydrogen-bond donors (Lipinski definition) is 1. The largest absolute Gasteiger partial charge is 0.497 e. The number of hydrogen-bond acceptors (Lipinski definition) is 4. The summed E-state index contributed by atoms with van der Waals surface area (Å²) in [7, 11) is 1.62. The highest BCUT2D eigenvalue weighted by Gasteiger charge is 2.19. The van der Waals surface area contributed by atoms with E-state index in [1.165, 1.54) is 5.56 Å². The van der Waals surface area contributed by atoms with Crippen LogP contribution in [-0.4, -0.2) is 42.1 Å². The van der Waals surface area contributed by atoms with Crippen LogP contribution in [0.25, 0.3) is 16.9 Å². The van der Waals surface area contributed by atoms with Gasteiger partial charge in [0.05, 0.1) is 24.5 Å². The average Bonchev–Trinajstić information content (AvgIpc) is 3.19. The summed E-state index contributed by atoms with van der Waals surface area (Å²) in [4.78, 5) is 13.0. The molecule has 6 nitrogen and oxygen atoms in total. The summed E-state index contributed by atoms with van der Waals surface area (Å²) in [6.07, 6.45) is 2.72. The van der Waals surface area contributed by atoms with Crippen molar-refractivity contribution >= 4 is 5.91 Å². The standard InChI is InChI=1S/C24H29N3O3/c1-17(2)30-14-6-13-25-24(28)22-16-27(20-11-9-18(3)10-12-20)26-23(22)19-7-5-8-21(15-19)29-4/h5,7-12,15-17H,6,13-14H2,1-4H3,(H,25,28). The quantitative estimate of drug-likeness (QED) is 0.534. The van der Waals surface area contributed by atoms with Crippen LogP contribution in [0.2, 0.25) is 0 Å². The van der Waals surface area contributed by atoms with Crippen molar-refractivity contribution in [1.82, 2.24) is 15.1 Å². The van der Waals surface area contributed by atoms with Gasteiger partial charge in [0, 0.05) is 24.9 Å². The van der Waals surface area contributed by atoms with E-state index in [1.54, 1.807) is 18.0 Å². The molecule has 2 aromatic carbocycles. The second-order valence-electron chi connectivity index (χ2n) is 7.43. The summed E-state index contributed by atoms with van der Waals surface area (Å²) in [5.41, 5.74) is 4.03. The topological polar surface area (TPSA) is 65.4 Å². The van der Waals surface area contributed by atoms with Crippen LogP contribution in [0, 0.1) is 6.92 Å². The fourth-order valence-corrected chi connectivity index (χ4v) is 3.04. The lowest BCUT2D eigenvalue weighted by atomic mass is 10.1. The second-order valence-corrected chi connectivity index (χ2v) is 7.43. The van der Waals surface area contributed by atoms with Gasteiger partial charge in [-0.25, -0.2) is 4.68 Å². The van der Waals surface area contributed by atoms with Crippen LogP contribution in [0.4, 0.5) is 0 Å². The maximum Gasteiger partial charge on any atom is 0.255 e. The predicted octanol–water partition coefficient (Wildman–Crippen LogP) is 4.40. The van der Waals surface area contributed by atoms with Crippen LogP contribution >= 0.6 is 0 Å². The minimum atomic E-state index is -0.157. The van der Waals surface area contributed by atoms with Crippen molar-refractivity contribution in [2.45, 2.75) is 33.3 Å². The third kappa shape index (κ3) is 5.48. The molecule has 0 unspecified atom stereocenters. The van der Waals surface area contributed by atoms with E-state index >= 15 is 0 Å². The van der Waals surface area contributed by atoms with E-state index in [-0.39, 0.29) is 12.0 Å². The molecule has 1 N–H and O–H groups in total. The van der Waals surface area contributed by atoms with Gasteiger partial charge in [0.25, 0.3) is 5.91 Å². The van der Waals surface area contributed by atoms with E-state index in [1.807, 2.05) is 69.3 Å². The summed E-state index contributed by atoms with van der Waals surface area (Å²) in [6, 6.07) is 15.6. The summed E-state index contributed by atoms with van der Waals surface area (Å²) in [6.45, 7) is 7.19. The molecule has 0 saturated carbocycles. The maximum absolute atomic E-state index is 13.0. The molecule has 0 bridgehead atoms. The molecule has 0 fully saturated rings.